The Labute approximate surface area is 207 Å². The molecule has 0 unspecified atom stereocenters. The topological polar surface area (TPSA) is 173 Å². The average Bonchev–Trinajstić information content (AvgIpc) is 2.89. The summed E-state index contributed by atoms with van der Waals surface area (Å²) < 4.78 is 18.2. The molecule has 0 atom stereocenters. The predicted octanol–water partition coefficient (Wildman–Crippen LogP) is 0.0894. The van der Waals surface area contributed by atoms with Gasteiger partial charge in [0.1, 0.15) is 5.52 Å². The number of benzene rings is 1. The number of hydrogen-bond donors (Lipinski definition) is 3. The molecule has 13 nitrogen and oxygen atoms in total. The number of fused-ring (bicyclic) bond motifs is 1. The van der Waals surface area contributed by atoms with Crippen molar-refractivity contribution in [2.24, 2.45) is 5.73 Å². The van der Waals surface area contributed by atoms with Crippen molar-refractivity contribution in [3.8, 4) is 11.5 Å². The molecule has 0 saturated carbocycles. The van der Waals surface area contributed by atoms with Crippen LogP contribution in [0, 0.1) is 0 Å². The first-order valence-corrected chi connectivity index (χ1v) is 11.6. The lowest BCUT2D eigenvalue weighted by molar-refractivity contribution is 0.0357. The predicted molar refractivity (Wildman–Crippen MR) is 133 cm³/mol. The Balaban J connectivity index is 1.60. The van der Waals surface area contributed by atoms with Crippen LogP contribution in [0.4, 0.5) is 11.9 Å². The number of carbonyl (C=O) groups excluding carboxylic acids is 1. The van der Waals surface area contributed by atoms with Crippen molar-refractivity contribution >= 4 is 28.7 Å². The summed E-state index contributed by atoms with van der Waals surface area (Å²) >= 11 is 0. The number of carbonyl (C=O) groups is 1. The molecule has 1 saturated heterocycles. The number of nitrogen functional groups attached to an aromatic ring is 1. The zero-order valence-electron chi connectivity index (χ0n) is 20.1. The molecule has 2 aromatic heterocycles. The van der Waals surface area contributed by atoms with E-state index in [1.165, 1.54) is 24.1 Å². The molecule has 1 fully saturated rings. The molecule has 1 aromatic carbocycles. The lowest BCUT2D eigenvalue weighted by atomic mass is 10.2. The Hall–Kier alpha value is -3.81. The first-order valence-electron chi connectivity index (χ1n) is 11.6. The fourth-order valence-electron chi connectivity index (χ4n) is 3.91. The van der Waals surface area contributed by atoms with E-state index in [1.54, 1.807) is 12.1 Å². The van der Waals surface area contributed by atoms with E-state index in [0.717, 1.165) is 39.3 Å². The van der Waals surface area contributed by atoms with E-state index >= 15 is 0 Å². The highest BCUT2D eigenvalue weighted by Gasteiger charge is 2.20. The van der Waals surface area contributed by atoms with Gasteiger partial charge in [-0.2, -0.15) is 0 Å². The number of methoxy groups -OCH3 is 1. The molecule has 1 aliphatic rings. The smallest absolute Gasteiger partial charge is 0.262 e. The second kappa shape index (κ2) is 11.7. The number of nitrogens with one attached hydrogen (secondary N) is 1. The Morgan fingerprint density at radius 2 is 1.94 bits per heavy atom. The molecule has 3 aromatic rings. The molecule has 0 aliphatic carbocycles. The molecule has 0 radical (unpaired) electrons. The van der Waals surface area contributed by atoms with Crippen LogP contribution in [0.5, 0.6) is 11.5 Å². The number of amides is 1. The Bertz CT molecular complexity index is 1260. The minimum absolute atomic E-state index is 0.0162. The van der Waals surface area contributed by atoms with Gasteiger partial charge in [-0.3, -0.25) is 24.4 Å². The largest absolute Gasteiger partial charge is 0.491 e. The zero-order chi connectivity index (χ0) is 25.5. The van der Waals surface area contributed by atoms with E-state index in [4.69, 9.17) is 25.7 Å². The summed E-state index contributed by atoms with van der Waals surface area (Å²) in [4.78, 5) is 40.6. The normalized spacial score (nSPS) is 14.1. The van der Waals surface area contributed by atoms with Gasteiger partial charge in [0.2, 0.25) is 11.9 Å². The van der Waals surface area contributed by atoms with Crippen molar-refractivity contribution in [1.82, 2.24) is 24.4 Å². The van der Waals surface area contributed by atoms with Crippen molar-refractivity contribution in [2.75, 3.05) is 64.2 Å². The molecular weight excluding hydrogens is 468 g/mol. The molecule has 0 bridgehead atoms. The van der Waals surface area contributed by atoms with Gasteiger partial charge in [0.15, 0.2) is 11.5 Å². The van der Waals surface area contributed by atoms with Crippen LogP contribution in [0.2, 0.25) is 0 Å². The molecule has 192 valence electrons. The van der Waals surface area contributed by atoms with Gasteiger partial charge in [-0.25, -0.2) is 15.0 Å². The van der Waals surface area contributed by atoms with Crippen LogP contribution in [0.25, 0.3) is 10.9 Å². The molecule has 3 heterocycles. The maximum absolute atomic E-state index is 13.3. The third-order valence-corrected chi connectivity index (χ3v) is 5.74. The molecule has 1 aliphatic heterocycles. The summed E-state index contributed by atoms with van der Waals surface area (Å²) in [5.41, 5.74) is 11.3. The third-order valence-electron chi connectivity index (χ3n) is 5.74. The van der Waals surface area contributed by atoms with E-state index in [0.29, 0.717) is 23.5 Å². The minimum Gasteiger partial charge on any atom is -0.491 e. The standard InChI is InChI=1S/C23H30N8O5/c1-34-19-17(36-10-2-6-30-8-11-35-12-9-30)4-3-16-18(19)28-23(31(7-5-24)21(16)33)29-20(32)15-13-26-22(25)27-14-15/h3-4,13-14H,2,5-12,24H2,1H3,(H2,25,26,27)(H,28,29,32). The third kappa shape index (κ3) is 5.70. The van der Waals surface area contributed by atoms with Crippen LogP contribution in [-0.4, -0.2) is 83.4 Å². The summed E-state index contributed by atoms with van der Waals surface area (Å²) in [6, 6.07) is 3.33. The summed E-state index contributed by atoms with van der Waals surface area (Å²) in [6.45, 7) is 5.00. The van der Waals surface area contributed by atoms with Gasteiger partial charge in [-0.1, -0.05) is 0 Å². The molecule has 4 rings (SSSR count). The highest BCUT2D eigenvalue weighted by Crippen LogP contribution is 2.34. The molecule has 5 N–H and O–H groups in total. The van der Waals surface area contributed by atoms with E-state index in [9.17, 15) is 9.59 Å². The quantitative estimate of drug-likeness (QED) is 0.323. The molecule has 0 spiro atoms. The number of morpholine rings is 1. The average molecular weight is 499 g/mol. The fourth-order valence-corrected chi connectivity index (χ4v) is 3.91. The van der Waals surface area contributed by atoms with Crippen LogP contribution >= 0.6 is 0 Å². The summed E-state index contributed by atoms with van der Waals surface area (Å²) in [5.74, 6) is 0.267. The van der Waals surface area contributed by atoms with E-state index < -0.39 is 5.91 Å². The number of ether oxygens (including phenoxy) is 3. The first-order chi connectivity index (χ1) is 17.5. The fraction of sp³-hybridized carbons (Fsp3) is 0.435. The van der Waals surface area contributed by atoms with Gasteiger partial charge >= 0.3 is 0 Å². The number of aromatic nitrogens is 4. The Morgan fingerprint density at radius 1 is 1.19 bits per heavy atom. The Morgan fingerprint density at radius 3 is 2.64 bits per heavy atom. The summed E-state index contributed by atoms with van der Waals surface area (Å²) in [7, 11) is 1.48. The maximum Gasteiger partial charge on any atom is 0.262 e. The van der Waals surface area contributed by atoms with Gasteiger partial charge < -0.3 is 25.7 Å². The maximum atomic E-state index is 13.3. The van der Waals surface area contributed by atoms with Crippen molar-refractivity contribution < 1.29 is 19.0 Å². The molecule has 13 heteroatoms. The number of hydrogen-bond acceptors (Lipinski definition) is 11. The summed E-state index contributed by atoms with van der Waals surface area (Å²) in [6.07, 6.45) is 3.39. The summed E-state index contributed by atoms with van der Waals surface area (Å²) in [5, 5.41) is 2.96. The number of anilines is 2. The van der Waals surface area contributed by atoms with Crippen molar-refractivity contribution in [3.63, 3.8) is 0 Å². The van der Waals surface area contributed by atoms with Gasteiger partial charge in [0, 0.05) is 45.1 Å². The molecule has 36 heavy (non-hydrogen) atoms. The van der Waals surface area contributed by atoms with Crippen LogP contribution < -0.4 is 31.8 Å². The van der Waals surface area contributed by atoms with Crippen molar-refractivity contribution in [1.29, 1.82) is 0 Å². The van der Waals surface area contributed by atoms with Crippen LogP contribution in [0.3, 0.4) is 0 Å². The van der Waals surface area contributed by atoms with Crippen LogP contribution in [0.1, 0.15) is 16.8 Å². The highest BCUT2D eigenvalue weighted by atomic mass is 16.5. The first kappa shape index (κ1) is 25.3. The monoisotopic (exact) mass is 498 g/mol. The van der Waals surface area contributed by atoms with Gasteiger partial charge in [0.25, 0.3) is 11.5 Å². The number of nitrogens with zero attached hydrogens (tertiary/aromatic N) is 5. The second-order valence-electron chi connectivity index (χ2n) is 8.11. The van der Waals surface area contributed by atoms with Gasteiger partial charge in [0.05, 0.1) is 37.9 Å². The lowest BCUT2D eigenvalue weighted by Crippen LogP contribution is -2.37. The van der Waals surface area contributed by atoms with Crippen molar-refractivity contribution in [2.45, 2.75) is 13.0 Å². The van der Waals surface area contributed by atoms with Crippen LogP contribution in [-0.2, 0) is 11.3 Å². The van der Waals surface area contributed by atoms with E-state index in [1.807, 2.05) is 0 Å². The van der Waals surface area contributed by atoms with Gasteiger partial charge in [-0.05, 0) is 18.6 Å². The van der Waals surface area contributed by atoms with Crippen molar-refractivity contribution in [3.05, 3.63) is 40.4 Å². The lowest BCUT2D eigenvalue weighted by Gasteiger charge is -2.26. The second-order valence-corrected chi connectivity index (χ2v) is 8.11. The van der Waals surface area contributed by atoms with E-state index in [2.05, 4.69) is 25.2 Å². The van der Waals surface area contributed by atoms with Gasteiger partial charge in [-0.15, -0.1) is 0 Å². The Kier molecular flexibility index (Phi) is 8.25. The van der Waals surface area contributed by atoms with E-state index in [-0.39, 0.29) is 41.6 Å². The number of nitrogens with two attached hydrogens (primary N) is 2. The SMILES string of the molecule is COc1c(OCCCN2CCOCC2)ccc2c(=O)n(CCN)c(NC(=O)c3cnc(N)nc3)nc12. The number of rotatable bonds is 10. The zero-order valence-corrected chi connectivity index (χ0v) is 20.1. The van der Waals surface area contributed by atoms with Crippen LogP contribution in [0.15, 0.2) is 29.3 Å². The highest BCUT2D eigenvalue weighted by molar-refractivity contribution is 6.03. The minimum atomic E-state index is -0.554. The molecular formula is C23H30N8O5. The molecule has 1 amide bonds.